The summed E-state index contributed by atoms with van der Waals surface area (Å²) in [4.78, 5) is 28.3. The number of carbonyl (C=O) groups is 1. The van der Waals surface area contributed by atoms with Gasteiger partial charge < -0.3 is 5.73 Å². The zero-order chi connectivity index (χ0) is 15.7. The summed E-state index contributed by atoms with van der Waals surface area (Å²) >= 11 is 0. The average Bonchev–Trinajstić information content (AvgIpc) is 2.72. The zero-order valence-corrected chi connectivity index (χ0v) is 12.7. The first-order chi connectivity index (χ1) is 9.85. The van der Waals surface area contributed by atoms with E-state index in [1.165, 1.54) is 4.57 Å². The minimum atomic E-state index is -0.590. The molecule has 2 heterocycles. The molecule has 0 aliphatic carbocycles. The second kappa shape index (κ2) is 5.51. The largest absolute Gasteiger partial charge is 0.368 e. The fourth-order valence-corrected chi connectivity index (χ4v) is 2.38. The maximum absolute atomic E-state index is 12.5. The summed E-state index contributed by atoms with van der Waals surface area (Å²) in [5.74, 6) is -0.272. The van der Waals surface area contributed by atoms with Crippen LogP contribution in [-0.4, -0.2) is 25.2 Å². The van der Waals surface area contributed by atoms with Crippen molar-refractivity contribution in [2.45, 2.75) is 40.7 Å². The Morgan fingerprint density at radius 2 is 2.00 bits per heavy atom. The highest BCUT2D eigenvalue weighted by molar-refractivity contribution is 5.73. The summed E-state index contributed by atoms with van der Waals surface area (Å²) in [7, 11) is 0. The summed E-state index contributed by atoms with van der Waals surface area (Å²) in [6, 6.07) is 1.88. The summed E-state index contributed by atoms with van der Waals surface area (Å²) in [5, 5.41) is 4.33. The first kappa shape index (κ1) is 15.0. The van der Waals surface area contributed by atoms with Crippen LogP contribution < -0.4 is 11.3 Å². The number of hydrogen-bond donors (Lipinski definition) is 1. The molecular formula is C14H19N5O2. The zero-order valence-electron chi connectivity index (χ0n) is 12.7. The molecule has 2 aromatic heterocycles. The predicted octanol–water partition coefficient (Wildman–Crippen LogP) is 0.402. The highest BCUT2D eigenvalue weighted by atomic mass is 16.2. The van der Waals surface area contributed by atoms with Gasteiger partial charge in [0, 0.05) is 11.3 Å². The van der Waals surface area contributed by atoms with E-state index < -0.39 is 5.91 Å². The molecule has 112 valence electrons. The van der Waals surface area contributed by atoms with Crippen molar-refractivity contribution in [1.29, 1.82) is 0 Å². The minimum Gasteiger partial charge on any atom is -0.368 e. The molecule has 2 aromatic rings. The third kappa shape index (κ3) is 2.72. The number of carbonyl (C=O) groups excluding carboxylic acids is 1. The van der Waals surface area contributed by atoms with E-state index in [-0.39, 0.29) is 12.1 Å². The third-order valence-corrected chi connectivity index (χ3v) is 3.32. The Labute approximate surface area is 122 Å². The lowest BCUT2D eigenvalue weighted by Crippen LogP contribution is -2.34. The number of aromatic nitrogens is 4. The Balaban J connectivity index is 2.78. The Hall–Kier alpha value is -2.44. The quantitative estimate of drug-likeness (QED) is 0.881. The van der Waals surface area contributed by atoms with Gasteiger partial charge in [0.2, 0.25) is 11.9 Å². The monoisotopic (exact) mass is 289 g/mol. The predicted molar refractivity (Wildman–Crippen MR) is 78.4 cm³/mol. The molecule has 7 nitrogen and oxygen atoms in total. The smallest absolute Gasteiger partial charge is 0.258 e. The van der Waals surface area contributed by atoms with Crippen molar-refractivity contribution in [2.75, 3.05) is 0 Å². The highest BCUT2D eigenvalue weighted by Gasteiger charge is 2.17. The van der Waals surface area contributed by atoms with Gasteiger partial charge in [0.25, 0.3) is 5.56 Å². The molecule has 0 aliphatic heterocycles. The molecule has 1 amide bonds. The highest BCUT2D eigenvalue weighted by Crippen LogP contribution is 2.11. The Morgan fingerprint density at radius 1 is 1.33 bits per heavy atom. The lowest BCUT2D eigenvalue weighted by atomic mass is 10.2. The molecule has 0 spiro atoms. The van der Waals surface area contributed by atoms with Gasteiger partial charge in [-0.25, -0.2) is 9.67 Å². The van der Waals surface area contributed by atoms with E-state index in [9.17, 15) is 9.59 Å². The van der Waals surface area contributed by atoms with Crippen LogP contribution in [0.1, 0.15) is 29.6 Å². The number of hydrogen-bond acceptors (Lipinski definition) is 4. The first-order valence-corrected chi connectivity index (χ1v) is 6.77. The van der Waals surface area contributed by atoms with E-state index in [1.54, 1.807) is 11.6 Å². The van der Waals surface area contributed by atoms with Crippen LogP contribution in [0.4, 0.5) is 0 Å². The summed E-state index contributed by atoms with van der Waals surface area (Å²) < 4.78 is 2.85. The van der Waals surface area contributed by atoms with Gasteiger partial charge in [0.05, 0.1) is 11.4 Å². The molecule has 0 radical (unpaired) electrons. The topological polar surface area (TPSA) is 95.8 Å². The van der Waals surface area contributed by atoms with Gasteiger partial charge in [0.15, 0.2) is 0 Å². The fraction of sp³-hybridized carbons (Fsp3) is 0.429. The van der Waals surface area contributed by atoms with Crippen LogP contribution in [0.25, 0.3) is 5.95 Å². The maximum Gasteiger partial charge on any atom is 0.258 e. The second-order valence-electron chi connectivity index (χ2n) is 5.03. The molecule has 2 rings (SSSR count). The van der Waals surface area contributed by atoms with Crippen LogP contribution in [0.3, 0.4) is 0 Å². The Kier molecular flexibility index (Phi) is 3.93. The Bertz CT molecular complexity index is 757. The van der Waals surface area contributed by atoms with Crippen molar-refractivity contribution in [3.63, 3.8) is 0 Å². The second-order valence-corrected chi connectivity index (χ2v) is 5.03. The van der Waals surface area contributed by atoms with Gasteiger partial charge >= 0.3 is 0 Å². The van der Waals surface area contributed by atoms with E-state index in [0.717, 1.165) is 11.4 Å². The summed E-state index contributed by atoms with van der Waals surface area (Å²) in [6.45, 7) is 7.16. The molecule has 0 bridgehead atoms. The van der Waals surface area contributed by atoms with Crippen molar-refractivity contribution >= 4 is 5.91 Å². The molecule has 0 fully saturated rings. The summed E-state index contributed by atoms with van der Waals surface area (Å²) in [5.41, 5.74) is 7.89. The van der Waals surface area contributed by atoms with E-state index in [0.29, 0.717) is 23.6 Å². The maximum atomic E-state index is 12.5. The molecule has 7 heteroatoms. The van der Waals surface area contributed by atoms with E-state index in [4.69, 9.17) is 5.73 Å². The van der Waals surface area contributed by atoms with Crippen molar-refractivity contribution in [3.05, 3.63) is 39.1 Å². The molecule has 0 unspecified atom stereocenters. The molecule has 21 heavy (non-hydrogen) atoms. The molecule has 0 aliphatic rings. The third-order valence-electron chi connectivity index (χ3n) is 3.32. The van der Waals surface area contributed by atoms with Gasteiger partial charge in [-0.2, -0.15) is 5.10 Å². The van der Waals surface area contributed by atoms with Crippen molar-refractivity contribution in [3.8, 4) is 5.95 Å². The number of primary amides is 1. The number of amides is 1. The molecule has 0 saturated carbocycles. The average molecular weight is 289 g/mol. The SMILES string of the molecule is CCc1c(C)nc(-n2nc(C)cc2C)n(CC(N)=O)c1=O. The van der Waals surface area contributed by atoms with Crippen molar-refractivity contribution in [2.24, 2.45) is 5.73 Å². The molecular weight excluding hydrogens is 270 g/mol. The first-order valence-electron chi connectivity index (χ1n) is 6.77. The van der Waals surface area contributed by atoms with Gasteiger partial charge in [-0.1, -0.05) is 6.92 Å². The lowest BCUT2D eigenvalue weighted by molar-refractivity contribution is -0.118. The molecule has 0 aromatic carbocycles. The molecule has 0 saturated heterocycles. The van der Waals surface area contributed by atoms with Gasteiger partial charge in [-0.05, 0) is 33.3 Å². The fourth-order valence-electron chi connectivity index (χ4n) is 2.38. The van der Waals surface area contributed by atoms with E-state index >= 15 is 0 Å². The van der Waals surface area contributed by atoms with E-state index in [1.807, 2.05) is 26.8 Å². The van der Waals surface area contributed by atoms with Gasteiger partial charge in [0.1, 0.15) is 6.54 Å². The molecule has 2 N–H and O–H groups in total. The lowest BCUT2D eigenvalue weighted by Gasteiger charge is -2.14. The van der Waals surface area contributed by atoms with Crippen LogP contribution in [-0.2, 0) is 17.8 Å². The summed E-state index contributed by atoms with van der Waals surface area (Å²) in [6.07, 6.45) is 0.549. The van der Waals surface area contributed by atoms with E-state index in [2.05, 4.69) is 10.1 Å². The van der Waals surface area contributed by atoms with Crippen LogP contribution in [0.15, 0.2) is 10.9 Å². The van der Waals surface area contributed by atoms with Crippen LogP contribution >= 0.6 is 0 Å². The normalized spacial score (nSPS) is 10.9. The van der Waals surface area contributed by atoms with Gasteiger partial charge in [-0.3, -0.25) is 14.2 Å². The standard InChI is InChI=1S/C14H19N5O2/c1-5-11-10(4)16-14(18(13(11)21)7-12(15)20)19-9(3)6-8(2)17-19/h6H,5,7H2,1-4H3,(H2,15,20). The number of rotatable bonds is 4. The number of aryl methyl sites for hydroxylation is 3. The number of nitrogens with two attached hydrogens (primary N) is 1. The van der Waals surface area contributed by atoms with Crippen LogP contribution in [0, 0.1) is 20.8 Å². The van der Waals surface area contributed by atoms with Crippen molar-refractivity contribution < 1.29 is 4.79 Å². The Morgan fingerprint density at radius 3 is 2.48 bits per heavy atom. The van der Waals surface area contributed by atoms with Crippen molar-refractivity contribution in [1.82, 2.24) is 19.3 Å². The molecule has 0 atom stereocenters. The van der Waals surface area contributed by atoms with Gasteiger partial charge in [-0.15, -0.1) is 0 Å². The minimum absolute atomic E-state index is 0.215. The van der Waals surface area contributed by atoms with Crippen LogP contribution in [0.2, 0.25) is 0 Å². The van der Waals surface area contributed by atoms with Crippen LogP contribution in [0.5, 0.6) is 0 Å². The number of nitrogens with zero attached hydrogens (tertiary/aromatic N) is 4.